The maximum Gasteiger partial charge on any atom is 0.410 e. The number of benzene rings is 2. The molecule has 0 radical (unpaired) electrons. The first kappa shape index (κ1) is 28.1. The maximum atomic E-state index is 13.7. The number of carbonyl (C=O) groups excluding carboxylic acids is 3. The number of rotatable bonds is 7. The van der Waals surface area contributed by atoms with Crippen LogP contribution in [0.4, 0.5) is 4.79 Å². The van der Waals surface area contributed by atoms with Crippen LogP contribution in [0, 0.1) is 0 Å². The molecule has 1 aliphatic heterocycles. The van der Waals surface area contributed by atoms with Crippen LogP contribution in [-0.4, -0.2) is 76.7 Å². The summed E-state index contributed by atoms with van der Waals surface area (Å²) in [7, 11) is 1.39. The summed E-state index contributed by atoms with van der Waals surface area (Å²) in [6.45, 7) is 5.41. The predicted molar refractivity (Wildman–Crippen MR) is 144 cm³/mol. The van der Waals surface area contributed by atoms with Crippen molar-refractivity contribution < 1.29 is 33.8 Å². The minimum atomic E-state index is -1.27. The quantitative estimate of drug-likeness (QED) is 0.521. The number of carbonyl (C=O) groups is 4. The Labute approximate surface area is 228 Å². The molecule has 0 bridgehead atoms. The number of fused-ring (bicyclic) bond motifs is 3. The first-order chi connectivity index (χ1) is 18.5. The number of ether oxygens (including phenoxy) is 2. The molecule has 1 aliphatic carbocycles. The Morgan fingerprint density at radius 2 is 1.59 bits per heavy atom. The minimum absolute atomic E-state index is 0.0476. The first-order valence-corrected chi connectivity index (χ1v) is 13.3. The molecule has 1 N–H and O–H groups in total. The third-order valence-corrected chi connectivity index (χ3v) is 7.23. The van der Waals surface area contributed by atoms with Crippen LogP contribution in [0.15, 0.2) is 48.5 Å². The second-order valence-corrected chi connectivity index (χ2v) is 11.1. The number of hydrogen-bond donors (Lipinski definition) is 1. The lowest BCUT2D eigenvalue weighted by Crippen LogP contribution is -2.56. The lowest BCUT2D eigenvalue weighted by molar-refractivity contribution is -0.160. The molecule has 2 aromatic rings. The Morgan fingerprint density at radius 3 is 2.15 bits per heavy atom. The van der Waals surface area contributed by atoms with E-state index in [0.29, 0.717) is 19.3 Å². The van der Waals surface area contributed by atoms with Gasteiger partial charge in [0.2, 0.25) is 5.91 Å². The number of nitrogens with zero attached hydrogens (tertiary/aromatic N) is 2. The van der Waals surface area contributed by atoms with Crippen molar-refractivity contribution >= 4 is 23.9 Å². The minimum Gasteiger partial charge on any atom is -0.480 e. The second kappa shape index (κ2) is 11.5. The Kier molecular flexibility index (Phi) is 8.28. The van der Waals surface area contributed by atoms with E-state index in [1.165, 1.54) is 11.9 Å². The van der Waals surface area contributed by atoms with Gasteiger partial charge in [-0.1, -0.05) is 48.5 Å². The van der Waals surface area contributed by atoms with Crippen LogP contribution in [-0.2, 0) is 23.9 Å². The molecular weight excluding hydrogens is 500 g/mol. The van der Waals surface area contributed by atoms with Gasteiger partial charge in [0.1, 0.15) is 24.3 Å². The van der Waals surface area contributed by atoms with Gasteiger partial charge >= 0.3 is 18.0 Å². The molecule has 2 aliphatic rings. The molecule has 0 saturated carbocycles. The van der Waals surface area contributed by atoms with Crippen molar-refractivity contribution in [3.8, 4) is 11.1 Å². The zero-order valence-electron chi connectivity index (χ0n) is 22.9. The Morgan fingerprint density at radius 1 is 1.00 bits per heavy atom. The molecule has 1 saturated heterocycles. The number of amides is 2. The number of hydrogen-bond acceptors (Lipinski definition) is 6. The molecule has 0 unspecified atom stereocenters. The van der Waals surface area contributed by atoms with E-state index in [4.69, 9.17) is 9.47 Å². The highest BCUT2D eigenvalue weighted by Crippen LogP contribution is 2.44. The van der Waals surface area contributed by atoms with Gasteiger partial charge in [0, 0.05) is 19.5 Å². The topological polar surface area (TPSA) is 113 Å². The van der Waals surface area contributed by atoms with E-state index in [0.717, 1.165) is 27.2 Å². The SMILES string of the molecule is CN(C(=O)OCC1c2ccccc2-c2ccccc21)[C@@H](CC(=O)OC(C)(C)C)C(=O)N1CCCC[C@H]1C(=O)O. The maximum absolute atomic E-state index is 13.7. The van der Waals surface area contributed by atoms with Crippen molar-refractivity contribution in [3.05, 3.63) is 59.7 Å². The van der Waals surface area contributed by atoms with Gasteiger partial charge in [0.15, 0.2) is 0 Å². The average molecular weight is 537 g/mol. The Bertz CT molecular complexity index is 1210. The van der Waals surface area contributed by atoms with Crippen molar-refractivity contribution in [3.63, 3.8) is 0 Å². The average Bonchev–Trinajstić information content (AvgIpc) is 3.22. The lowest BCUT2D eigenvalue weighted by Gasteiger charge is -2.37. The molecule has 1 heterocycles. The molecule has 2 aromatic carbocycles. The molecule has 0 aromatic heterocycles. The van der Waals surface area contributed by atoms with Gasteiger partial charge in [0.05, 0.1) is 6.42 Å². The summed E-state index contributed by atoms with van der Waals surface area (Å²) in [5, 5.41) is 9.70. The molecular formula is C30H36N2O7. The molecule has 2 atom stereocenters. The van der Waals surface area contributed by atoms with E-state index < -0.39 is 48.0 Å². The number of likely N-dealkylation sites (tertiary alicyclic amines) is 1. The number of esters is 1. The highest BCUT2D eigenvalue weighted by atomic mass is 16.6. The van der Waals surface area contributed by atoms with Crippen LogP contribution < -0.4 is 0 Å². The van der Waals surface area contributed by atoms with Crippen molar-refractivity contribution in [1.29, 1.82) is 0 Å². The molecule has 1 fully saturated rings. The molecule has 0 spiro atoms. The van der Waals surface area contributed by atoms with Gasteiger partial charge in [0.25, 0.3) is 0 Å². The van der Waals surface area contributed by atoms with Gasteiger partial charge < -0.3 is 19.5 Å². The van der Waals surface area contributed by atoms with Crippen LogP contribution in [0.3, 0.4) is 0 Å². The van der Waals surface area contributed by atoms with Crippen molar-refractivity contribution in [2.45, 2.75) is 70.1 Å². The molecule has 39 heavy (non-hydrogen) atoms. The highest BCUT2D eigenvalue weighted by Gasteiger charge is 2.40. The number of aliphatic carboxylic acids is 1. The standard InChI is InChI=1S/C30H36N2O7/c1-30(2,3)39-26(33)17-25(27(34)32-16-10-9-15-24(32)28(35)36)31(4)29(37)38-18-23-21-13-7-5-11-19(21)20-12-6-8-14-22(20)23/h5-8,11-14,23-25H,9-10,15-18H2,1-4H3,(H,35,36)/t24-,25-/m0/s1. The molecule has 9 nitrogen and oxygen atoms in total. The fourth-order valence-electron chi connectivity index (χ4n) is 5.40. The van der Waals surface area contributed by atoms with E-state index >= 15 is 0 Å². The van der Waals surface area contributed by atoms with Crippen LogP contribution in [0.2, 0.25) is 0 Å². The van der Waals surface area contributed by atoms with E-state index in [1.54, 1.807) is 20.8 Å². The van der Waals surface area contributed by atoms with E-state index in [9.17, 15) is 24.3 Å². The second-order valence-electron chi connectivity index (χ2n) is 11.1. The smallest absolute Gasteiger partial charge is 0.410 e. The fraction of sp³-hybridized carbons (Fsp3) is 0.467. The third kappa shape index (κ3) is 6.24. The van der Waals surface area contributed by atoms with Crippen molar-refractivity contribution in [1.82, 2.24) is 9.80 Å². The number of carboxylic acids is 1. The molecule has 208 valence electrons. The summed E-state index contributed by atoms with van der Waals surface area (Å²) in [6, 6.07) is 13.6. The summed E-state index contributed by atoms with van der Waals surface area (Å²) in [6.07, 6.45) is 0.444. The van der Waals surface area contributed by atoms with E-state index in [-0.39, 0.29) is 19.1 Å². The van der Waals surface area contributed by atoms with Gasteiger partial charge in [-0.2, -0.15) is 0 Å². The summed E-state index contributed by atoms with van der Waals surface area (Å²) in [5.74, 6) is -2.55. The third-order valence-electron chi connectivity index (χ3n) is 7.23. The Balaban J connectivity index is 1.53. The number of carboxylic acid groups (broad SMARTS) is 1. The zero-order valence-corrected chi connectivity index (χ0v) is 22.9. The fourth-order valence-corrected chi connectivity index (χ4v) is 5.40. The van der Waals surface area contributed by atoms with Gasteiger partial charge in [-0.3, -0.25) is 14.5 Å². The first-order valence-electron chi connectivity index (χ1n) is 13.3. The van der Waals surface area contributed by atoms with Gasteiger partial charge in [-0.15, -0.1) is 0 Å². The van der Waals surface area contributed by atoms with Crippen LogP contribution in [0.5, 0.6) is 0 Å². The lowest BCUT2D eigenvalue weighted by atomic mass is 9.98. The van der Waals surface area contributed by atoms with Gasteiger partial charge in [-0.05, 0) is 62.3 Å². The predicted octanol–water partition coefficient (Wildman–Crippen LogP) is 4.43. The summed E-state index contributed by atoms with van der Waals surface area (Å²) >= 11 is 0. The largest absolute Gasteiger partial charge is 0.480 e. The van der Waals surface area contributed by atoms with E-state index in [1.807, 2.05) is 48.5 Å². The van der Waals surface area contributed by atoms with Crippen LogP contribution >= 0.6 is 0 Å². The highest BCUT2D eigenvalue weighted by molar-refractivity contribution is 5.92. The molecule has 2 amide bonds. The van der Waals surface area contributed by atoms with Crippen LogP contribution in [0.1, 0.15) is 63.5 Å². The normalized spacial score (nSPS) is 17.5. The van der Waals surface area contributed by atoms with Gasteiger partial charge in [-0.25, -0.2) is 9.59 Å². The summed E-state index contributed by atoms with van der Waals surface area (Å²) in [4.78, 5) is 53.9. The molecule has 9 heteroatoms. The van der Waals surface area contributed by atoms with E-state index in [2.05, 4.69) is 0 Å². The monoisotopic (exact) mass is 536 g/mol. The summed E-state index contributed by atoms with van der Waals surface area (Å²) < 4.78 is 11.1. The number of likely N-dealkylation sites (N-methyl/N-ethyl adjacent to an activating group) is 1. The molecule has 4 rings (SSSR count). The Hall–Kier alpha value is -3.88. The summed E-state index contributed by atoms with van der Waals surface area (Å²) in [5.41, 5.74) is 3.48. The van der Waals surface area contributed by atoms with Crippen LogP contribution in [0.25, 0.3) is 11.1 Å². The van der Waals surface area contributed by atoms with Crippen molar-refractivity contribution in [2.75, 3.05) is 20.2 Å². The number of piperidine rings is 1. The van der Waals surface area contributed by atoms with Crippen molar-refractivity contribution in [2.24, 2.45) is 0 Å². The zero-order chi connectivity index (χ0) is 28.3.